The molecule has 2 aromatic carbocycles. The Morgan fingerprint density at radius 1 is 0.909 bits per heavy atom. The number of anilines is 3. The van der Waals surface area contributed by atoms with Crippen LogP contribution in [-0.2, 0) is 26.6 Å². The average Bonchev–Trinajstić information content (AvgIpc) is 3.22. The molecule has 3 amide bonds. The second-order valence-corrected chi connectivity index (χ2v) is 9.17. The number of carbonyl (C=O) groups excluding carboxylic acids is 3. The molecule has 0 aliphatic carbocycles. The summed E-state index contributed by atoms with van der Waals surface area (Å²) in [5.74, 6) is 0.565. The zero-order chi connectivity index (χ0) is 23.5. The van der Waals surface area contributed by atoms with Crippen molar-refractivity contribution in [1.29, 1.82) is 0 Å². The van der Waals surface area contributed by atoms with E-state index in [4.69, 9.17) is 0 Å². The lowest BCUT2D eigenvalue weighted by atomic mass is 10.1. The molecule has 0 spiro atoms. The SMILES string of the molecule is CC(=O)Nc1ccc(NC(=O)CSCc2csc(NC(=O)CCCc3ccccc3)n2)cc1. The first-order valence-corrected chi connectivity index (χ1v) is 12.5. The van der Waals surface area contributed by atoms with E-state index in [9.17, 15) is 14.4 Å². The Morgan fingerprint density at radius 3 is 2.30 bits per heavy atom. The fourth-order valence-corrected chi connectivity index (χ4v) is 4.54. The molecule has 33 heavy (non-hydrogen) atoms. The van der Waals surface area contributed by atoms with E-state index >= 15 is 0 Å². The van der Waals surface area contributed by atoms with Crippen LogP contribution in [0.5, 0.6) is 0 Å². The first-order valence-electron chi connectivity index (χ1n) is 10.5. The number of thioether (sulfide) groups is 1. The third-order valence-corrected chi connectivity index (χ3v) is 6.26. The molecule has 3 aromatic rings. The van der Waals surface area contributed by atoms with Gasteiger partial charge in [0.25, 0.3) is 0 Å². The van der Waals surface area contributed by atoms with Crippen LogP contribution in [0.4, 0.5) is 16.5 Å². The van der Waals surface area contributed by atoms with Crippen LogP contribution in [0.1, 0.15) is 31.0 Å². The van der Waals surface area contributed by atoms with Crippen LogP contribution < -0.4 is 16.0 Å². The van der Waals surface area contributed by atoms with Gasteiger partial charge in [-0.05, 0) is 42.7 Å². The number of hydrogen-bond acceptors (Lipinski definition) is 6. The van der Waals surface area contributed by atoms with E-state index in [1.807, 2.05) is 23.6 Å². The highest BCUT2D eigenvalue weighted by Gasteiger charge is 2.09. The number of nitrogens with one attached hydrogen (secondary N) is 3. The Labute approximate surface area is 201 Å². The third-order valence-electron chi connectivity index (χ3n) is 4.48. The van der Waals surface area contributed by atoms with E-state index in [0.29, 0.717) is 28.7 Å². The molecule has 0 saturated carbocycles. The van der Waals surface area contributed by atoms with Gasteiger partial charge in [0.15, 0.2) is 5.13 Å². The summed E-state index contributed by atoms with van der Waals surface area (Å²) < 4.78 is 0. The summed E-state index contributed by atoms with van der Waals surface area (Å²) in [4.78, 5) is 39.8. The van der Waals surface area contributed by atoms with Crippen LogP contribution in [0.25, 0.3) is 0 Å². The van der Waals surface area contributed by atoms with Crippen LogP contribution >= 0.6 is 23.1 Å². The predicted molar refractivity (Wildman–Crippen MR) is 136 cm³/mol. The molecular formula is C24H26N4O3S2. The maximum absolute atomic E-state index is 12.1. The summed E-state index contributed by atoms with van der Waals surface area (Å²) in [6.45, 7) is 1.44. The quantitative estimate of drug-likeness (QED) is 0.360. The molecule has 1 heterocycles. The van der Waals surface area contributed by atoms with E-state index in [0.717, 1.165) is 18.5 Å². The number of aromatic nitrogens is 1. The summed E-state index contributed by atoms with van der Waals surface area (Å²) in [6, 6.07) is 17.1. The van der Waals surface area contributed by atoms with Gasteiger partial charge in [0.2, 0.25) is 17.7 Å². The number of aryl methyl sites for hydroxylation is 1. The molecule has 9 heteroatoms. The number of nitrogens with zero attached hydrogens (tertiary/aromatic N) is 1. The Bertz CT molecular complexity index is 1070. The fraction of sp³-hybridized carbons (Fsp3) is 0.250. The molecule has 3 N–H and O–H groups in total. The minimum absolute atomic E-state index is 0.0385. The van der Waals surface area contributed by atoms with Gasteiger partial charge in [-0.3, -0.25) is 14.4 Å². The lowest BCUT2D eigenvalue weighted by Gasteiger charge is -2.06. The van der Waals surface area contributed by atoms with E-state index in [1.54, 1.807) is 24.3 Å². The van der Waals surface area contributed by atoms with Crippen LogP contribution in [0.2, 0.25) is 0 Å². The van der Waals surface area contributed by atoms with Crippen molar-refractivity contribution in [1.82, 2.24) is 4.98 Å². The van der Waals surface area contributed by atoms with Gasteiger partial charge in [-0.25, -0.2) is 4.98 Å². The second-order valence-electron chi connectivity index (χ2n) is 7.33. The third kappa shape index (κ3) is 9.07. The monoisotopic (exact) mass is 482 g/mol. The number of thiazole rings is 1. The van der Waals surface area contributed by atoms with Crippen molar-refractivity contribution in [2.45, 2.75) is 31.9 Å². The zero-order valence-electron chi connectivity index (χ0n) is 18.3. The molecule has 1 aromatic heterocycles. The molecule has 0 bridgehead atoms. The van der Waals surface area contributed by atoms with Crippen molar-refractivity contribution >= 4 is 57.3 Å². The highest BCUT2D eigenvalue weighted by atomic mass is 32.2. The predicted octanol–water partition coefficient (Wildman–Crippen LogP) is 4.93. The molecular weight excluding hydrogens is 456 g/mol. The molecule has 172 valence electrons. The lowest BCUT2D eigenvalue weighted by molar-refractivity contribution is -0.116. The molecule has 0 aliphatic heterocycles. The minimum atomic E-state index is -0.143. The van der Waals surface area contributed by atoms with Crippen molar-refractivity contribution in [2.75, 3.05) is 21.7 Å². The molecule has 7 nitrogen and oxygen atoms in total. The number of benzene rings is 2. The van der Waals surface area contributed by atoms with Crippen molar-refractivity contribution in [3.05, 3.63) is 71.2 Å². The molecule has 0 atom stereocenters. The minimum Gasteiger partial charge on any atom is -0.326 e. The summed E-state index contributed by atoms with van der Waals surface area (Å²) in [7, 11) is 0. The van der Waals surface area contributed by atoms with E-state index < -0.39 is 0 Å². The first kappa shape index (κ1) is 24.5. The van der Waals surface area contributed by atoms with Gasteiger partial charge in [0, 0.05) is 35.9 Å². The average molecular weight is 483 g/mol. The number of rotatable bonds is 11. The smallest absolute Gasteiger partial charge is 0.234 e. The normalized spacial score (nSPS) is 10.5. The van der Waals surface area contributed by atoms with Gasteiger partial charge < -0.3 is 16.0 Å². The molecule has 3 rings (SSSR count). The second kappa shape index (κ2) is 12.8. The van der Waals surface area contributed by atoms with Crippen molar-refractivity contribution in [3.8, 4) is 0 Å². The Balaban J connectivity index is 1.33. The Kier molecular flexibility index (Phi) is 9.46. The highest BCUT2D eigenvalue weighted by Crippen LogP contribution is 2.20. The molecule has 0 saturated heterocycles. The van der Waals surface area contributed by atoms with E-state index in [1.165, 1.54) is 35.6 Å². The maximum Gasteiger partial charge on any atom is 0.234 e. The number of hydrogen-bond donors (Lipinski definition) is 3. The van der Waals surface area contributed by atoms with Gasteiger partial charge in [-0.1, -0.05) is 30.3 Å². The van der Waals surface area contributed by atoms with Gasteiger partial charge >= 0.3 is 0 Å². The standard InChI is InChI=1S/C24H26N4O3S2/c1-17(29)25-19-10-12-20(13-11-19)26-23(31)16-32-14-21-15-33-24(27-21)28-22(30)9-5-8-18-6-3-2-4-7-18/h2-4,6-7,10-13,15H,5,8-9,14,16H2,1H3,(H,25,29)(H,26,31)(H,27,28,30). The Hall–Kier alpha value is -3.17. The van der Waals surface area contributed by atoms with Crippen LogP contribution in [0, 0.1) is 0 Å². The van der Waals surface area contributed by atoms with Gasteiger partial charge in [0.05, 0.1) is 11.4 Å². The molecule has 0 radical (unpaired) electrons. The summed E-state index contributed by atoms with van der Waals surface area (Å²) in [6.07, 6.45) is 2.11. The van der Waals surface area contributed by atoms with Crippen molar-refractivity contribution in [3.63, 3.8) is 0 Å². The van der Waals surface area contributed by atoms with Crippen molar-refractivity contribution < 1.29 is 14.4 Å². The number of amides is 3. The van der Waals surface area contributed by atoms with Gasteiger partial charge in [0.1, 0.15) is 0 Å². The highest BCUT2D eigenvalue weighted by molar-refractivity contribution is 7.99. The summed E-state index contributed by atoms with van der Waals surface area (Å²) in [5, 5.41) is 10.8. The molecule has 0 fully saturated rings. The van der Waals surface area contributed by atoms with E-state index in [-0.39, 0.29) is 23.5 Å². The molecule has 0 aliphatic rings. The zero-order valence-corrected chi connectivity index (χ0v) is 19.9. The summed E-state index contributed by atoms with van der Waals surface area (Å²) in [5.41, 5.74) is 3.40. The molecule has 0 unspecified atom stereocenters. The maximum atomic E-state index is 12.1. The van der Waals surface area contributed by atoms with Crippen LogP contribution in [-0.4, -0.2) is 28.5 Å². The van der Waals surface area contributed by atoms with Crippen LogP contribution in [0.3, 0.4) is 0 Å². The van der Waals surface area contributed by atoms with Gasteiger partial charge in [-0.15, -0.1) is 23.1 Å². The fourth-order valence-electron chi connectivity index (χ4n) is 3.00. The number of carbonyl (C=O) groups is 3. The lowest BCUT2D eigenvalue weighted by Crippen LogP contribution is -2.14. The van der Waals surface area contributed by atoms with Crippen molar-refractivity contribution in [2.24, 2.45) is 0 Å². The topological polar surface area (TPSA) is 100 Å². The van der Waals surface area contributed by atoms with Gasteiger partial charge in [-0.2, -0.15) is 0 Å². The summed E-state index contributed by atoms with van der Waals surface area (Å²) >= 11 is 2.84. The Morgan fingerprint density at radius 2 is 1.61 bits per heavy atom. The largest absolute Gasteiger partial charge is 0.326 e. The first-order chi connectivity index (χ1) is 16.0. The van der Waals surface area contributed by atoms with E-state index in [2.05, 4.69) is 33.1 Å². The van der Waals surface area contributed by atoms with Crippen LogP contribution in [0.15, 0.2) is 60.0 Å².